The molecule has 0 bridgehead atoms. The molecule has 114 valence electrons. The first-order chi connectivity index (χ1) is 10.0. The number of amides is 1. The van der Waals surface area contributed by atoms with Crippen molar-refractivity contribution in [3.8, 4) is 0 Å². The number of rotatable bonds is 3. The maximum absolute atomic E-state index is 11.8. The van der Waals surface area contributed by atoms with Gasteiger partial charge in [-0.1, -0.05) is 0 Å². The second-order valence-corrected chi connectivity index (χ2v) is 4.99. The molecule has 0 spiro atoms. The fraction of sp³-hybridized carbons (Fsp3) is 0.467. The van der Waals surface area contributed by atoms with Crippen LogP contribution in [-0.2, 0) is 9.53 Å². The minimum absolute atomic E-state index is 0.0860. The molecule has 0 saturated carbocycles. The van der Waals surface area contributed by atoms with Crippen LogP contribution in [0.25, 0.3) is 0 Å². The standard InChI is InChI=1S/C15H21N3O3/c1-3-21-15(20)12-4-5-13(16)14(10-12)18-8-6-17(7-9-18)11(2)19/h4-5,10H,3,6-9,16H2,1-2H3. The number of nitrogens with two attached hydrogens (primary N) is 1. The summed E-state index contributed by atoms with van der Waals surface area (Å²) in [7, 11) is 0. The van der Waals surface area contributed by atoms with Crippen molar-refractivity contribution in [3.63, 3.8) is 0 Å². The zero-order valence-corrected chi connectivity index (χ0v) is 12.5. The summed E-state index contributed by atoms with van der Waals surface area (Å²) < 4.78 is 5.01. The van der Waals surface area contributed by atoms with Gasteiger partial charge in [-0.05, 0) is 25.1 Å². The second-order valence-electron chi connectivity index (χ2n) is 4.99. The van der Waals surface area contributed by atoms with Crippen LogP contribution >= 0.6 is 0 Å². The summed E-state index contributed by atoms with van der Waals surface area (Å²) in [5, 5.41) is 0. The van der Waals surface area contributed by atoms with Crippen LogP contribution in [0.2, 0.25) is 0 Å². The van der Waals surface area contributed by atoms with Crippen molar-refractivity contribution in [1.82, 2.24) is 4.90 Å². The minimum Gasteiger partial charge on any atom is -0.462 e. The van der Waals surface area contributed by atoms with Gasteiger partial charge in [0.1, 0.15) is 0 Å². The number of ether oxygens (including phenoxy) is 1. The van der Waals surface area contributed by atoms with Gasteiger partial charge in [0.15, 0.2) is 0 Å². The van der Waals surface area contributed by atoms with Crippen LogP contribution in [0.1, 0.15) is 24.2 Å². The molecule has 0 unspecified atom stereocenters. The Hall–Kier alpha value is -2.24. The maximum Gasteiger partial charge on any atom is 0.338 e. The van der Waals surface area contributed by atoms with E-state index >= 15 is 0 Å². The number of carbonyl (C=O) groups is 2. The Labute approximate surface area is 124 Å². The monoisotopic (exact) mass is 291 g/mol. The van der Waals surface area contributed by atoms with Crippen LogP contribution < -0.4 is 10.6 Å². The molecule has 1 aliphatic heterocycles. The highest BCUT2D eigenvalue weighted by atomic mass is 16.5. The van der Waals surface area contributed by atoms with Crippen molar-refractivity contribution >= 4 is 23.3 Å². The fourth-order valence-electron chi connectivity index (χ4n) is 2.42. The Balaban J connectivity index is 2.14. The molecule has 21 heavy (non-hydrogen) atoms. The first-order valence-corrected chi connectivity index (χ1v) is 7.10. The topological polar surface area (TPSA) is 75.9 Å². The van der Waals surface area contributed by atoms with Crippen molar-refractivity contribution in [2.24, 2.45) is 0 Å². The van der Waals surface area contributed by atoms with Gasteiger partial charge in [0, 0.05) is 33.1 Å². The second kappa shape index (κ2) is 6.47. The third-order valence-corrected chi connectivity index (χ3v) is 3.61. The molecule has 6 nitrogen and oxygen atoms in total. The Bertz CT molecular complexity index is 537. The molecule has 1 aromatic carbocycles. The van der Waals surface area contributed by atoms with Crippen LogP contribution in [-0.4, -0.2) is 49.6 Å². The van der Waals surface area contributed by atoms with Crippen LogP contribution in [0, 0.1) is 0 Å². The Morgan fingerprint density at radius 1 is 1.24 bits per heavy atom. The van der Waals surface area contributed by atoms with E-state index in [9.17, 15) is 9.59 Å². The summed E-state index contributed by atoms with van der Waals surface area (Å²) in [6.45, 7) is 6.43. The van der Waals surface area contributed by atoms with Crippen molar-refractivity contribution in [3.05, 3.63) is 23.8 Å². The third kappa shape index (κ3) is 3.45. The zero-order valence-electron chi connectivity index (χ0n) is 12.5. The number of hydrogen-bond acceptors (Lipinski definition) is 5. The fourth-order valence-corrected chi connectivity index (χ4v) is 2.42. The highest BCUT2D eigenvalue weighted by Gasteiger charge is 2.21. The van der Waals surface area contributed by atoms with Crippen LogP contribution in [0.3, 0.4) is 0 Å². The van der Waals surface area contributed by atoms with E-state index in [1.807, 2.05) is 4.90 Å². The van der Waals surface area contributed by atoms with E-state index in [4.69, 9.17) is 10.5 Å². The normalized spacial score (nSPS) is 15.0. The largest absolute Gasteiger partial charge is 0.462 e. The van der Waals surface area contributed by atoms with Crippen molar-refractivity contribution in [2.75, 3.05) is 43.4 Å². The van der Waals surface area contributed by atoms with Crippen molar-refractivity contribution in [2.45, 2.75) is 13.8 Å². The van der Waals surface area contributed by atoms with Crippen molar-refractivity contribution in [1.29, 1.82) is 0 Å². The molecule has 1 aliphatic rings. The number of piperazine rings is 1. The Morgan fingerprint density at radius 2 is 1.90 bits per heavy atom. The molecule has 2 rings (SSSR count). The van der Waals surface area contributed by atoms with E-state index in [-0.39, 0.29) is 11.9 Å². The molecule has 0 radical (unpaired) electrons. The number of carbonyl (C=O) groups excluding carboxylic acids is 2. The number of nitrogens with zero attached hydrogens (tertiary/aromatic N) is 2. The molecule has 1 heterocycles. The van der Waals surface area contributed by atoms with E-state index in [2.05, 4.69) is 4.90 Å². The number of esters is 1. The van der Waals surface area contributed by atoms with Gasteiger partial charge in [-0.3, -0.25) is 4.79 Å². The summed E-state index contributed by atoms with van der Waals surface area (Å²) in [4.78, 5) is 27.0. The number of anilines is 2. The summed E-state index contributed by atoms with van der Waals surface area (Å²) in [5.41, 5.74) is 7.96. The van der Waals surface area contributed by atoms with Gasteiger partial charge in [-0.15, -0.1) is 0 Å². The maximum atomic E-state index is 11.8. The molecule has 0 aromatic heterocycles. The predicted molar refractivity (Wildman–Crippen MR) is 81.3 cm³/mol. The smallest absolute Gasteiger partial charge is 0.338 e. The molecule has 1 fully saturated rings. The minimum atomic E-state index is -0.346. The summed E-state index contributed by atoms with van der Waals surface area (Å²) in [6, 6.07) is 5.15. The average molecular weight is 291 g/mol. The summed E-state index contributed by atoms with van der Waals surface area (Å²) in [5.74, 6) is -0.260. The number of benzene rings is 1. The lowest BCUT2D eigenvalue weighted by Gasteiger charge is -2.36. The van der Waals surface area contributed by atoms with Gasteiger partial charge < -0.3 is 20.3 Å². The van der Waals surface area contributed by atoms with Crippen LogP contribution in [0.4, 0.5) is 11.4 Å². The first-order valence-electron chi connectivity index (χ1n) is 7.10. The number of nitrogen functional groups attached to an aromatic ring is 1. The molecule has 0 aliphatic carbocycles. The molecule has 0 atom stereocenters. The molecular weight excluding hydrogens is 270 g/mol. The molecule has 1 saturated heterocycles. The lowest BCUT2D eigenvalue weighted by atomic mass is 10.1. The lowest BCUT2D eigenvalue weighted by molar-refractivity contribution is -0.129. The molecule has 6 heteroatoms. The molecular formula is C15H21N3O3. The van der Waals surface area contributed by atoms with Gasteiger partial charge >= 0.3 is 5.97 Å². The van der Waals surface area contributed by atoms with Gasteiger partial charge in [0.05, 0.1) is 23.5 Å². The molecule has 2 N–H and O–H groups in total. The average Bonchev–Trinajstić information content (AvgIpc) is 2.48. The van der Waals surface area contributed by atoms with E-state index in [1.54, 1.807) is 32.0 Å². The van der Waals surface area contributed by atoms with E-state index in [0.717, 1.165) is 5.69 Å². The highest BCUT2D eigenvalue weighted by molar-refractivity contribution is 5.92. The van der Waals surface area contributed by atoms with E-state index < -0.39 is 0 Å². The Morgan fingerprint density at radius 3 is 2.48 bits per heavy atom. The lowest BCUT2D eigenvalue weighted by Crippen LogP contribution is -2.48. The van der Waals surface area contributed by atoms with Gasteiger partial charge in [0.2, 0.25) is 5.91 Å². The first kappa shape index (κ1) is 15.2. The van der Waals surface area contributed by atoms with E-state index in [1.165, 1.54) is 0 Å². The summed E-state index contributed by atoms with van der Waals surface area (Å²) >= 11 is 0. The van der Waals surface area contributed by atoms with Gasteiger partial charge in [-0.25, -0.2) is 4.79 Å². The predicted octanol–water partition coefficient (Wildman–Crippen LogP) is 1.11. The third-order valence-electron chi connectivity index (χ3n) is 3.61. The quantitative estimate of drug-likeness (QED) is 0.667. The van der Waals surface area contributed by atoms with Crippen LogP contribution in [0.5, 0.6) is 0 Å². The highest BCUT2D eigenvalue weighted by Crippen LogP contribution is 2.26. The Kier molecular flexibility index (Phi) is 4.67. The number of hydrogen-bond donors (Lipinski definition) is 1. The van der Waals surface area contributed by atoms with E-state index in [0.29, 0.717) is 44.0 Å². The molecule has 1 aromatic rings. The van der Waals surface area contributed by atoms with Crippen molar-refractivity contribution < 1.29 is 14.3 Å². The summed E-state index contributed by atoms with van der Waals surface area (Å²) in [6.07, 6.45) is 0. The molecule has 1 amide bonds. The van der Waals surface area contributed by atoms with Gasteiger partial charge in [-0.2, -0.15) is 0 Å². The van der Waals surface area contributed by atoms with Crippen LogP contribution in [0.15, 0.2) is 18.2 Å². The zero-order chi connectivity index (χ0) is 15.4. The SMILES string of the molecule is CCOC(=O)c1ccc(N)c(N2CCN(C(C)=O)CC2)c1. The van der Waals surface area contributed by atoms with Gasteiger partial charge in [0.25, 0.3) is 0 Å².